The Morgan fingerprint density at radius 2 is 2.38 bits per heavy atom. The molecule has 122 valence electrons. The largest absolute Gasteiger partial charge is 0.377 e. The van der Waals surface area contributed by atoms with Crippen molar-refractivity contribution in [2.75, 3.05) is 24.7 Å². The summed E-state index contributed by atoms with van der Waals surface area (Å²) in [5, 5.41) is 21.4. The summed E-state index contributed by atoms with van der Waals surface area (Å²) in [7, 11) is 0. The average molecular weight is 323 g/mol. The molecule has 1 aliphatic rings. The number of nitrogens with zero attached hydrogens (tertiary/aromatic N) is 6. The molecular formula is C16H17N7O. The predicted octanol–water partition coefficient (Wildman–Crippen LogP) is 1.43. The van der Waals surface area contributed by atoms with Gasteiger partial charge in [0.2, 0.25) is 0 Å². The van der Waals surface area contributed by atoms with Gasteiger partial charge in [-0.05, 0) is 18.6 Å². The maximum Gasteiger partial charge on any atom is 0.177 e. The number of fused-ring (bicyclic) bond motifs is 1. The Bertz CT molecular complexity index is 893. The highest BCUT2D eigenvalue weighted by atomic mass is 16.5. The summed E-state index contributed by atoms with van der Waals surface area (Å²) in [6.45, 7) is 4.24. The van der Waals surface area contributed by atoms with Crippen molar-refractivity contribution in [3.05, 3.63) is 30.1 Å². The highest BCUT2D eigenvalue weighted by Gasteiger charge is 2.22. The molecule has 8 nitrogen and oxygen atoms in total. The fourth-order valence-corrected chi connectivity index (χ4v) is 3.03. The number of pyridine rings is 1. The molecule has 1 fully saturated rings. The molecule has 1 N–H and O–H groups in total. The molecule has 4 heterocycles. The van der Waals surface area contributed by atoms with Gasteiger partial charge >= 0.3 is 0 Å². The average Bonchev–Trinajstić information content (AvgIpc) is 3.24. The SMILES string of the molecule is C[C@@H]1COCCN1c1cc(CC#N)c2cnn(-c3cc[nH]n3)c2n1. The number of rotatable bonds is 3. The smallest absolute Gasteiger partial charge is 0.177 e. The molecule has 0 bridgehead atoms. The lowest BCUT2D eigenvalue weighted by molar-refractivity contribution is 0.0985. The number of hydrogen-bond acceptors (Lipinski definition) is 6. The van der Waals surface area contributed by atoms with Gasteiger partial charge in [-0.2, -0.15) is 20.1 Å². The second-order valence-electron chi connectivity index (χ2n) is 5.82. The zero-order chi connectivity index (χ0) is 16.5. The molecule has 3 aromatic rings. The predicted molar refractivity (Wildman–Crippen MR) is 88.0 cm³/mol. The van der Waals surface area contributed by atoms with Gasteiger partial charge in [-0.25, -0.2) is 4.98 Å². The molecule has 0 saturated carbocycles. The molecule has 3 aromatic heterocycles. The third-order valence-electron chi connectivity index (χ3n) is 4.25. The molecule has 0 amide bonds. The van der Waals surface area contributed by atoms with Crippen LogP contribution >= 0.6 is 0 Å². The first-order chi connectivity index (χ1) is 11.8. The van der Waals surface area contributed by atoms with E-state index in [4.69, 9.17) is 9.72 Å². The highest BCUT2D eigenvalue weighted by molar-refractivity contribution is 5.82. The fraction of sp³-hybridized carbons (Fsp3) is 0.375. The van der Waals surface area contributed by atoms with E-state index in [2.05, 4.69) is 33.2 Å². The van der Waals surface area contributed by atoms with Crippen LogP contribution in [0.1, 0.15) is 12.5 Å². The number of anilines is 1. The second kappa shape index (κ2) is 5.94. The zero-order valence-corrected chi connectivity index (χ0v) is 13.3. The van der Waals surface area contributed by atoms with Gasteiger partial charge in [-0.1, -0.05) is 0 Å². The summed E-state index contributed by atoms with van der Waals surface area (Å²) in [5.74, 6) is 1.52. The van der Waals surface area contributed by atoms with Crippen molar-refractivity contribution in [3.8, 4) is 11.9 Å². The lowest BCUT2D eigenvalue weighted by atomic mass is 10.1. The molecule has 8 heteroatoms. The minimum absolute atomic E-state index is 0.236. The topological polar surface area (TPSA) is 95.7 Å². The van der Waals surface area contributed by atoms with Crippen molar-refractivity contribution in [3.63, 3.8) is 0 Å². The van der Waals surface area contributed by atoms with E-state index in [-0.39, 0.29) is 6.04 Å². The summed E-state index contributed by atoms with van der Waals surface area (Å²) in [6.07, 6.45) is 3.81. The summed E-state index contributed by atoms with van der Waals surface area (Å²) in [6, 6.07) is 6.29. The summed E-state index contributed by atoms with van der Waals surface area (Å²) >= 11 is 0. The van der Waals surface area contributed by atoms with Crippen LogP contribution in [0.4, 0.5) is 5.82 Å². The van der Waals surface area contributed by atoms with E-state index >= 15 is 0 Å². The van der Waals surface area contributed by atoms with Crippen LogP contribution < -0.4 is 4.90 Å². The van der Waals surface area contributed by atoms with Crippen LogP contribution in [0.25, 0.3) is 16.9 Å². The van der Waals surface area contributed by atoms with Gasteiger partial charge in [-0.15, -0.1) is 0 Å². The first kappa shape index (κ1) is 14.7. The maximum atomic E-state index is 9.17. The quantitative estimate of drug-likeness (QED) is 0.783. The van der Waals surface area contributed by atoms with Crippen molar-refractivity contribution >= 4 is 16.9 Å². The van der Waals surface area contributed by atoms with Gasteiger partial charge in [-0.3, -0.25) is 5.10 Å². The Balaban J connectivity index is 1.88. The second-order valence-corrected chi connectivity index (χ2v) is 5.82. The van der Waals surface area contributed by atoms with Crippen LogP contribution in [0, 0.1) is 11.3 Å². The molecule has 1 atom stereocenters. The molecule has 1 saturated heterocycles. The number of aromatic amines is 1. The van der Waals surface area contributed by atoms with Gasteiger partial charge in [0.05, 0.1) is 37.9 Å². The van der Waals surface area contributed by atoms with Crippen LogP contribution in [0.2, 0.25) is 0 Å². The lowest BCUT2D eigenvalue weighted by Crippen LogP contribution is -2.44. The Morgan fingerprint density at radius 3 is 3.12 bits per heavy atom. The van der Waals surface area contributed by atoms with E-state index in [1.54, 1.807) is 17.1 Å². The Labute approximate surface area is 138 Å². The van der Waals surface area contributed by atoms with Crippen LogP contribution in [-0.4, -0.2) is 50.8 Å². The minimum Gasteiger partial charge on any atom is -0.377 e. The third-order valence-corrected chi connectivity index (χ3v) is 4.25. The van der Waals surface area contributed by atoms with Crippen LogP contribution in [0.15, 0.2) is 24.5 Å². The number of nitrogens with one attached hydrogen (secondary N) is 1. The first-order valence-corrected chi connectivity index (χ1v) is 7.87. The minimum atomic E-state index is 0.236. The summed E-state index contributed by atoms with van der Waals surface area (Å²) in [5.41, 5.74) is 1.64. The normalized spacial score (nSPS) is 18.0. The van der Waals surface area contributed by atoms with Gasteiger partial charge in [0.25, 0.3) is 0 Å². The summed E-state index contributed by atoms with van der Waals surface area (Å²) < 4.78 is 7.21. The lowest BCUT2D eigenvalue weighted by Gasteiger charge is -2.34. The van der Waals surface area contributed by atoms with Crippen LogP contribution in [0.5, 0.6) is 0 Å². The van der Waals surface area contributed by atoms with Gasteiger partial charge in [0.1, 0.15) is 5.82 Å². The summed E-state index contributed by atoms with van der Waals surface area (Å²) in [4.78, 5) is 7.03. The number of aromatic nitrogens is 5. The Hall–Kier alpha value is -2.92. The van der Waals surface area contributed by atoms with Crippen LogP contribution in [0.3, 0.4) is 0 Å². The third kappa shape index (κ3) is 2.39. The van der Waals surface area contributed by atoms with Crippen molar-refractivity contribution in [1.29, 1.82) is 5.26 Å². The molecule has 4 rings (SSSR count). The molecular weight excluding hydrogens is 306 g/mol. The van der Waals surface area contributed by atoms with Crippen LogP contribution in [-0.2, 0) is 11.2 Å². The number of morpholine rings is 1. The van der Waals surface area contributed by atoms with Crippen molar-refractivity contribution in [1.82, 2.24) is 25.0 Å². The highest BCUT2D eigenvalue weighted by Crippen LogP contribution is 2.26. The van der Waals surface area contributed by atoms with Gasteiger partial charge in [0.15, 0.2) is 11.5 Å². The van der Waals surface area contributed by atoms with E-state index in [9.17, 15) is 5.26 Å². The number of hydrogen-bond donors (Lipinski definition) is 1. The molecule has 0 unspecified atom stereocenters. The first-order valence-electron chi connectivity index (χ1n) is 7.87. The molecule has 24 heavy (non-hydrogen) atoms. The van der Waals surface area contributed by atoms with E-state index in [0.717, 1.165) is 23.3 Å². The van der Waals surface area contributed by atoms with E-state index in [1.807, 2.05) is 12.1 Å². The zero-order valence-electron chi connectivity index (χ0n) is 13.3. The molecule has 0 aliphatic carbocycles. The van der Waals surface area contributed by atoms with Crippen molar-refractivity contribution in [2.45, 2.75) is 19.4 Å². The Kier molecular flexibility index (Phi) is 3.63. The fourth-order valence-electron chi connectivity index (χ4n) is 3.03. The molecule has 0 radical (unpaired) electrons. The number of ether oxygens (including phenoxy) is 1. The maximum absolute atomic E-state index is 9.17. The Morgan fingerprint density at radius 1 is 1.46 bits per heavy atom. The molecule has 0 aromatic carbocycles. The van der Waals surface area contributed by atoms with E-state index < -0.39 is 0 Å². The number of H-pyrrole nitrogens is 1. The number of nitriles is 1. The molecule has 0 spiro atoms. The van der Waals surface area contributed by atoms with Gasteiger partial charge < -0.3 is 9.64 Å². The van der Waals surface area contributed by atoms with E-state index in [0.29, 0.717) is 31.1 Å². The van der Waals surface area contributed by atoms with Crippen molar-refractivity contribution in [2.24, 2.45) is 0 Å². The monoisotopic (exact) mass is 323 g/mol. The van der Waals surface area contributed by atoms with Gasteiger partial charge in [0, 0.05) is 24.2 Å². The standard InChI is InChI=1S/C16H17N7O/c1-11-10-24-7-6-22(11)15-8-12(2-4-17)13-9-19-23(16(13)20-15)14-3-5-18-21-14/h3,5,8-9,11H,2,6-7,10H2,1H3,(H,18,21)/t11-/m1/s1. The molecule has 1 aliphatic heterocycles. The van der Waals surface area contributed by atoms with Crippen molar-refractivity contribution < 1.29 is 4.74 Å². The van der Waals surface area contributed by atoms with E-state index in [1.165, 1.54) is 0 Å².